The smallest absolute Gasteiger partial charge is 0.166 e. The molecule has 2 aromatic rings. The first-order valence-corrected chi connectivity index (χ1v) is 12.4. The van der Waals surface area contributed by atoms with Crippen LogP contribution in [0.5, 0.6) is 0 Å². The molecular weight excluding hydrogens is 436 g/mol. The molecule has 1 saturated carbocycles. The largest absolute Gasteiger partial charge is 0.208 e. The highest BCUT2D eigenvalue weighted by Gasteiger charge is 2.26. The molecule has 4 heteroatoms. The molecule has 0 bridgehead atoms. The van der Waals surface area contributed by atoms with E-state index < -0.39 is 29.2 Å². The molecule has 1 fully saturated rings. The minimum absolute atomic E-state index is 0.0380. The first-order valence-electron chi connectivity index (χ1n) is 12.4. The molecule has 0 aromatic heterocycles. The Morgan fingerprint density at radius 2 is 1.59 bits per heavy atom. The Kier molecular flexibility index (Phi) is 7.75. The van der Waals surface area contributed by atoms with Gasteiger partial charge in [-0.3, -0.25) is 0 Å². The summed E-state index contributed by atoms with van der Waals surface area (Å²) >= 11 is 0. The van der Waals surface area contributed by atoms with Crippen molar-refractivity contribution in [2.45, 2.75) is 64.7 Å². The average molecular weight is 469 g/mol. The highest BCUT2D eigenvalue weighted by Crippen LogP contribution is 2.40. The zero-order chi connectivity index (χ0) is 24.2. The van der Waals surface area contributed by atoms with Crippen LogP contribution in [0.4, 0.5) is 17.6 Å². The van der Waals surface area contributed by atoms with Gasteiger partial charge in [-0.05, 0) is 67.1 Å². The van der Waals surface area contributed by atoms with Crippen LogP contribution in [-0.4, -0.2) is 0 Å². The van der Waals surface area contributed by atoms with Gasteiger partial charge in [0.25, 0.3) is 0 Å². The van der Waals surface area contributed by atoms with Gasteiger partial charge in [-0.25, -0.2) is 17.6 Å². The van der Waals surface area contributed by atoms with Crippen LogP contribution in [0.1, 0.15) is 69.4 Å². The summed E-state index contributed by atoms with van der Waals surface area (Å²) in [5, 5.41) is 0. The van der Waals surface area contributed by atoms with Crippen molar-refractivity contribution in [2.75, 3.05) is 0 Å². The number of allylic oxidation sites excluding steroid dienone is 6. The summed E-state index contributed by atoms with van der Waals surface area (Å²) in [7, 11) is 0. The van der Waals surface area contributed by atoms with E-state index in [0.717, 1.165) is 38.5 Å². The van der Waals surface area contributed by atoms with Crippen molar-refractivity contribution in [3.63, 3.8) is 0 Å². The van der Waals surface area contributed by atoms with Crippen LogP contribution in [0.3, 0.4) is 0 Å². The summed E-state index contributed by atoms with van der Waals surface area (Å²) < 4.78 is 58.0. The van der Waals surface area contributed by atoms with Crippen LogP contribution in [-0.2, 0) is 6.42 Å². The number of halogens is 4. The Balaban J connectivity index is 1.41. The van der Waals surface area contributed by atoms with Gasteiger partial charge in [0.2, 0.25) is 0 Å². The fraction of sp³-hybridized carbons (Fsp3) is 0.400. The maximum Gasteiger partial charge on any atom is 0.166 e. The van der Waals surface area contributed by atoms with Gasteiger partial charge in [-0.2, -0.15) is 0 Å². The van der Waals surface area contributed by atoms with E-state index in [1.807, 2.05) is 30.3 Å². The third-order valence-corrected chi connectivity index (χ3v) is 7.26. The number of aryl methyl sites for hydroxylation is 1. The van der Waals surface area contributed by atoms with Gasteiger partial charge in [0.1, 0.15) is 5.83 Å². The molecule has 180 valence electrons. The number of benzene rings is 2. The summed E-state index contributed by atoms with van der Waals surface area (Å²) in [4.78, 5) is 0. The Morgan fingerprint density at radius 3 is 2.26 bits per heavy atom. The van der Waals surface area contributed by atoms with E-state index in [2.05, 4.69) is 6.92 Å². The molecule has 0 radical (unpaired) electrons. The second-order valence-corrected chi connectivity index (χ2v) is 9.71. The second-order valence-electron chi connectivity index (χ2n) is 9.71. The highest BCUT2D eigenvalue weighted by molar-refractivity contribution is 5.65. The monoisotopic (exact) mass is 468 g/mol. The van der Waals surface area contributed by atoms with E-state index in [9.17, 15) is 13.2 Å². The zero-order valence-corrected chi connectivity index (χ0v) is 19.9. The van der Waals surface area contributed by atoms with Crippen molar-refractivity contribution in [1.29, 1.82) is 0 Å². The molecular formula is C30H32F4. The Morgan fingerprint density at radius 1 is 0.882 bits per heavy atom. The molecule has 0 saturated heterocycles. The minimum atomic E-state index is -0.787. The maximum atomic E-state index is 15.1. The molecule has 0 heterocycles. The predicted molar refractivity (Wildman–Crippen MR) is 131 cm³/mol. The lowest BCUT2D eigenvalue weighted by atomic mass is 9.78. The average Bonchev–Trinajstić information content (AvgIpc) is 2.85. The summed E-state index contributed by atoms with van der Waals surface area (Å²) in [6.45, 7) is 3.78. The van der Waals surface area contributed by atoms with E-state index in [1.54, 1.807) is 31.2 Å². The van der Waals surface area contributed by atoms with E-state index in [4.69, 9.17) is 0 Å². The van der Waals surface area contributed by atoms with Gasteiger partial charge in [0, 0.05) is 17.1 Å². The highest BCUT2D eigenvalue weighted by atomic mass is 19.2. The lowest BCUT2D eigenvalue weighted by molar-refractivity contribution is 0.364. The van der Waals surface area contributed by atoms with E-state index in [-0.39, 0.29) is 11.8 Å². The van der Waals surface area contributed by atoms with Crippen molar-refractivity contribution in [1.82, 2.24) is 0 Å². The summed E-state index contributed by atoms with van der Waals surface area (Å²) in [5.41, 5.74) is 2.90. The van der Waals surface area contributed by atoms with Crippen molar-refractivity contribution in [3.05, 3.63) is 94.6 Å². The Hall–Kier alpha value is -2.62. The fourth-order valence-electron chi connectivity index (χ4n) is 5.10. The summed E-state index contributed by atoms with van der Waals surface area (Å²) in [5.74, 6) is -3.20. The van der Waals surface area contributed by atoms with E-state index in [0.29, 0.717) is 28.7 Å². The first kappa shape index (κ1) is 24.5. The minimum Gasteiger partial charge on any atom is -0.208 e. The van der Waals surface area contributed by atoms with Crippen LogP contribution >= 0.6 is 0 Å². The third-order valence-electron chi connectivity index (χ3n) is 7.26. The normalized spacial score (nSPS) is 23.5. The van der Waals surface area contributed by atoms with Crippen molar-refractivity contribution >= 4 is 0 Å². The molecule has 1 unspecified atom stereocenters. The van der Waals surface area contributed by atoms with E-state index in [1.165, 1.54) is 5.56 Å². The predicted octanol–water partition coefficient (Wildman–Crippen LogP) is 9.53. The van der Waals surface area contributed by atoms with Gasteiger partial charge in [-0.15, -0.1) is 0 Å². The Labute approximate surface area is 200 Å². The third kappa shape index (κ3) is 5.21. The molecule has 0 amide bonds. The number of hydrogen-bond acceptors (Lipinski definition) is 0. The number of rotatable bonds is 6. The molecule has 0 nitrogen and oxygen atoms in total. The van der Waals surface area contributed by atoms with Crippen LogP contribution in [0.2, 0.25) is 0 Å². The molecule has 1 atom stereocenters. The van der Waals surface area contributed by atoms with Crippen LogP contribution in [0.15, 0.2) is 71.9 Å². The second kappa shape index (κ2) is 10.8. The van der Waals surface area contributed by atoms with Crippen molar-refractivity contribution < 1.29 is 17.6 Å². The quantitative estimate of drug-likeness (QED) is 0.370. The summed E-state index contributed by atoms with van der Waals surface area (Å²) in [6, 6.07) is 11.1. The van der Waals surface area contributed by atoms with Crippen LogP contribution in [0, 0.1) is 23.5 Å². The fourth-order valence-corrected chi connectivity index (χ4v) is 5.10. The molecule has 0 spiro atoms. The lowest BCUT2D eigenvalue weighted by Crippen LogP contribution is -2.14. The van der Waals surface area contributed by atoms with Crippen LogP contribution < -0.4 is 0 Å². The molecule has 34 heavy (non-hydrogen) atoms. The van der Waals surface area contributed by atoms with Crippen LogP contribution in [0.25, 0.3) is 11.1 Å². The topological polar surface area (TPSA) is 0 Å². The van der Waals surface area contributed by atoms with Crippen molar-refractivity contribution in [3.8, 4) is 11.1 Å². The molecule has 4 rings (SSSR count). The standard InChI is InChI=1S/C30H32F4/c1-3-4-20-6-12-22(13-7-20)25-17-18-26(30(34)29(25)33)23-14-8-21(9-15-23)10-16-24-11-5-19(2)27(31)28(24)32/h6-7,10-13,16-19,21,23H,3-5,8-9,14-15H2,1-2H3/b16-10+. The molecule has 0 aliphatic heterocycles. The van der Waals surface area contributed by atoms with Gasteiger partial charge in [-0.1, -0.05) is 74.9 Å². The van der Waals surface area contributed by atoms with Gasteiger partial charge >= 0.3 is 0 Å². The Bertz CT molecular complexity index is 1100. The number of hydrogen-bond donors (Lipinski definition) is 0. The molecule has 2 aliphatic carbocycles. The zero-order valence-electron chi connectivity index (χ0n) is 19.9. The van der Waals surface area contributed by atoms with Crippen molar-refractivity contribution in [2.24, 2.45) is 11.8 Å². The van der Waals surface area contributed by atoms with E-state index >= 15 is 4.39 Å². The molecule has 2 aliphatic rings. The maximum absolute atomic E-state index is 15.1. The molecule has 2 aromatic carbocycles. The SMILES string of the molecule is CCCc1ccc(-c2ccc(C3CCC(/C=C/C4=CCC(C)C(F)=C4F)CC3)c(F)c2F)cc1. The first-order chi connectivity index (χ1) is 16.4. The van der Waals surface area contributed by atoms with Gasteiger partial charge < -0.3 is 0 Å². The van der Waals surface area contributed by atoms with Gasteiger partial charge in [0.05, 0.1) is 0 Å². The lowest BCUT2D eigenvalue weighted by Gasteiger charge is -2.28. The van der Waals surface area contributed by atoms with Gasteiger partial charge in [0.15, 0.2) is 17.5 Å². The molecule has 0 N–H and O–H groups in total. The summed E-state index contributed by atoms with van der Waals surface area (Å²) in [6.07, 6.45) is 10.9.